The molecular formula is C17H14O5. The predicted octanol–water partition coefficient (Wildman–Crippen LogP) is 2.81. The Hall–Kier alpha value is -2.95. The number of phenols is 3. The third-order valence-corrected chi connectivity index (χ3v) is 3.69. The average molecular weight is 298 g/mol. The molecule has 0 fully saturated rings. The summed E-state index contributed by atoms with van der Waals surface area (Å²) < 4.78 is 5.25. The van der Waals surface area contributed by atoms with Gasteiger partial charge < -0.3 is 19.7 Å². The monoisotopic (exact) mass is 298 g/mol. The number of hydrogen-bond donors (Lipinski definition) is 3. The minimum absolute atomic E-state index is 0.0336. The normalized spacial score (nSPS) is 11.0. The Labute approximate surface area is 125 Å². The number of aryl methyl sites for hydroxylation is 1. The van der Waals surface area contributed by atoms with E-state index in [0.717, 1.165) is 10.9 Å². The lowest BCUT2D eigenvalue weighted by atomic mass is 9.99. The van der Waals surface area contributed by atoms with Gasteiger partial charge in [0.25, 0.3) is 0 Å². The number of fused-ring (bicyclic) bond motifs is 1. The molecule has 1 heterocycles. The molecule has 0 saturated carbocycles. The van der Waals surface area contributed by atoms with Crippen molar-refractivity contribution < 1.29 is 19.7 Å². The molecule has 5 heteroatoms. The molecule has 2 aromatic carbocycles. The molecule has 3 N–H and O–H groups in total. The van der Waals surface area contributed by atoms with Crippen LogP contribution >= 0.6 is 0 Å². The van der Waals surface area contributed by atoms with Crippen LogP contribution in [0.3, 0.4) is 0 Å². The first-order chi connectivity index (χ1) is 10.5. The average Bonchev–Trinajstić information content (AvgIpc) is 2.46. The summed E-state index contributed by atoms with van der Waals surface area (Å²) in [6, 6.07) is 9.05. The van der Waals surface area contributed by atoms with E-state index in [2.05, 4.69) is 0 Å². The molecule has 0 spiro atoms. The number of benzene rings is 2. The maximum atomic E-state index is 12.2. The third-order valence-electron chi connectivity index (χ3n) is 3.69. The van der Waals surface area contributed by atoms with Crippen molar-refractivity contribution in [2.45, 2.75) is 13.3 Å². The zero-order valence-corrected chi connectivity index (χ0v) is 11.8. The molecule has 5 nitrogen and oxygen atoms in total. The van der Waals surface area contributed by atoms with Gasteiger partial charge in [0.15, 0.2) is 11.5 Å². The first-order valence-corrected chi connectivity index (χ1v) is 6.72. The summed E-state index contributed by atoms with van der Waals surface area (Å²) in [4.78, 5) is 12.2. The first kappa shape index (κ1) is 14.0. The Kier molecular flexibility index (Phi) is 3.25. The fraction of sp³-hybridized carbons (Fsp3) is 0.118. The summed E-state index contributed by atoms with van der Waals surface area (Å²) >= 11 is 0. The summed E-state index contributed by atoms with van der Waals surface area (Å²) in [5.41, 5.74) is 1.77. The summed E-state index contributed by atoms with van der Waals surface area (Å²) in [6.45, 7) is 1.81. The van der Waals surface area contributed by atoms with Crippen molar-refractivity contribution in [3.63, 3.8) is 0 Å². The fourth-order valence-corrected chi connectivity index (χ4v) is 2.47. The van der Waals surface area contributed by atoms with E-state index >= 15 is 0 Å². The van der Waals surface area contributed by atoms with Crippen LogP contribution in [-0.4, -0.2) is 15.3 Å². The highest BCUT2D eigenvalue weighted by Gasteiger charge is 2.13. The van der Waals surface area contributed by atoms with Crippen LogP contribution in [0.15, 0.2) is 45.6 Å². The number of rotatable bonds is 2. The maximum absolute atomic E-state index is 12.2. The molecule has 0 atom stereocenters. The second-order valence-electron chi connectivity index (χ2n) is 5.17. The van der Waals surface area contributed by atoms with Gasteiger partial charge in [-0.1, -0.05) is 6.07 Å². The lowest BCUT2D eigenvalue weighted by Crippen LogP contribution is -2.10. The molecule has 0 bridgehead atoms. The molecule has 0 saturated heterocycles. The van der Waals surface area contributed by atoms with Crippen molar-refractivity contribution in [2.24, 2.45) is 0 Å². The topological polar surface area (TPSA) is 90.9 Å². The van der Waals surface area contributed by atoms with Crippen LogP contribution in [0.4, 0.5) is 0 Å². The van der Waals surface area contributed by atoms with Crippen LogP contribution < -0.4 is 5.63 Å². The second kappa shape index (κ2) is 5.11. The van der Waals surface area contributed by atoms with E-state index in [9.17, 15) is 20.1 Å². The molecule has 3 aromatic rings. The van der Waals surface area contributed by atoms with E-state index in [-0.39, 0.29) is 23.7 Å². The first-order valence-electron chi connectivity index (χ1n) is 6.72. The molecule has 0 radical (unpaired) electrons. The quantitative estimate of drug-likeness (QED) is 0.500. The summed E-state index contributed by atoms with van der Waals surface area (Å²) in [6.07, 6.45) is 0.277. The molecule has 1 aromatic heterocycles. The maximum Gasteiger partial charge on any atom is 0.340 e. The lowest BCUT2D eigenvalue weighted by molar-refractivity contribution is 0.403. The van der Waals surface area contributed by atoms with Crippen molar-refractivity contribution >= 4 is 11.0 Å². The van der Waals surface area contributed by atoms with Gasteiger partial charge in [0.1, 0.15) is 11.3 Å². The second-order valence-corrected chi connectivity index (χ2v) is 5.17. The van der Waals surface area contributed by atoms with E-state index in [1.54, 1.807) is 12.1 Å². The number of hydrogen-bond acceptors (Lipinski definition) is 5. The van der Waals surface area contributed by atoms with Gasteiger partial charge in [-0.2, -0.15) is 0 Å². The molecule has 22 heavy (non-hydrogen) atoms. The van der Waals surface area contributed by atoms with Gasteiger partial charge in [0.05, 0.1) is 0 Å². The molecule has 3 rings (SSSR count). The van der Waals surface area contributed by atoms with Crippen molar-refractivity contribution in [3.05, 3.63) is 63.5 Å². The minimum atomic E-state index is -0.483. The van der Waals surface area contributed by atoms with Crippen LogP contribution in [0.2, 0.25) is 0 Å². The predicted molar refractivity (Wildman–Crippen MR) is 81.5 cm³/mol. The van der Waals surface area contributed by atoms with E-state index in [1.165, 1.54) is 24.3 Å². The van der Waals surface area contributed by atoms with Crippen molar-refractivity contribution in [2.75, 3.05) is 0 Å². The van der Waals surface area contributed by atoms with Gasteiger partial charge in [-0.05, 0) is 42.3 Å². The summed E-state index contributed by atoms with van der Waals surface area (Å²) in [5, 5.41) is 29.1. The Morgan fingerprint density at radius 3 is 2.50 bits per heavy atom. The smallest absolute Gasteiger partial charge is 0.340 e. The Morgan fingerprint density at radius 2 is 1.77 bits per heavy atom. The third kappa shape index (κ3) is 2.37. The minimum Gasteiger partial charge on any atom is -0.508 e. The zero-order chi connectivity index (χ0) is 15.9. The molecule has 112 valence electrons. The molecule has 0 aliphatic heterocycles. The molecule has 0 aliphatic carbocycles. The Bertz CT molecular complexity index is 924. The largest absolute Gasteiger partial charge is 0.508 e. The highest BCUT2D eigenvalue weighted by atomic mass is 16.4. The molecule has 0 aliphatic rings. The highest BCUT2D eigenvalue weighted by Crippen LogP contribution is 2.28. The number of aromatic hydroxyl groups is 3. The van der Waals surface area contributed by atoms with Gasteiger partial charge in [-0.3, -0.25) is 0 Å². The van der Waals surface area contributed by atoms with E-state index < -0.39 is 5.63 Å². The van der Waals surface area contributed by atoms with Crippen molar-refractivity contribution in [1.82, 2.24) is 0 Å². The molecule has 0 unspecified atom stereocenters. The Balaban J connectivity index is 2.12. The molecular weight excluding hydrogens is 284 g/mol. The van der Waals surface area contributed by atoms with Gasteiger partial charge in [-0.15, -0.1) is 0 Å². The van der Waals surface area contributed by atoms with Gasteiger partial charge in [-0.25, -0.2) is 4.79 Å². The van der Waals surface area contributed by atoms with E-state index in [1.807, 2.05) is 6.92 Å². The highest BCUT2D eigenvalue weighted by molar-refractivity contribution is 5.82. The van der Waals surface area contributed by atoms with Crippen LogP contribution in [0.5, 0.6) is 17.2 Å². The van der Waals surface area contributed by atoms with Crippen molar-refractivity contribution in [3.8, 4) is 17.2 Å². The van der Waals surface area contributed by atoms with E-state index in [4.69, 9.17) is 4.42 Å². The van der Waals surface area contributed by atoms with Crippen LogP contribution in [0.25, 0.3) is 11.0 Å². The zero-order valence-electron chi connectivity index (χ0n) is 11.8. The standard InChI is InChI=1S/C17H14O5/c1-9-12-4-3-11(18)8-16(12)22-17(21)13(9)6-10-2-5-14(19)15(20)7-10/h2-5,7-8,18-20H,6H2,1H3. The summed E-state index contributed by atoms with van der Waals surface area (Å²) in [5.74, 6) is -0.405. The van der Waals surface area contributed by atoms with Crippen LogP contribution in [-0.2, 0) is 6.42 Å². The fourth-order valence-electron chi connectivity index (χ4n) is 2.47. The Morgan fingerprint density at radius 1 is 1.00 bits per heavy atom. The van der Waals surface area contributed by atoms with E-state index in [0.29, 0.717) is 16.7 Å². The van der Waals surface area contributed by atoms with Crippen molar-refractivity contribution in [1.29, 1.82) is 0 Å². The summed E-state index contributed by atoms with van der Waals surface area (Å²) in [7, 11) is 0. The van der Waals surface area contributed by atoms with Gasteiger partial charge in [0.2, 0.25) is 0 Å². The molecule has 0 amide bonds. The van der Waals surface area contributed by atoms with Crippen LogP contribution in [0.1, 0.15) is 16.7 Å². The van der Waals surface area contributed by atoms with Gasteiger partial charge >= 0.3 is 5.63 Å². The number of phenolic OH excluding ortho intramolecular Hbond substituents is 3. The van der Waals surface area contributed by atoms with Gasteiger partial charge in [0, 0.05) is 23.4 Å². The SMILES string of the molecule is Cc1c(Cc2ccc(O)c(O)c2)c(=O)oc2cc(O)ccc12. The lowest BCUT2D eigenvalue weighted by Gasteiger charge is -2.09. The van der Waals surface area contributed by atoms with Crippen LogP contribution in [0, 0.1) is 6.92 Å².